The Balaban J connectivity index is 0. The Kier molecular flexibility index (Phi) is 9.20. The number of aliphatic hydroxyl groups excluding tert-OH is 1. The Bertz CT molecular complexity index is 171. The molecule has 0 aliphatic carbocycles. The highest BCUT2D eigenvalue weighted by Gasteiger charge is 1.99. The Morgan fingerprint density at radius 2 is 2.00 bits per heavy atom. The first kappa shape index (κ1) is 13.2. The van der Waals surface area contributed by atoms with Crippen molar-refractivity contribution in [2.75, 3.05) is 13.2 Å². The van der Waals surface area contributed by atoms with Gasteiger partial charge in [-0.25, -0.2) is 4.18 Å². The van der Waals surface area contributed by atoms with E-state index >= 15 is 0 Å². The zero-order chi connectivity index (χ0) is 9.33. The SMILES string of the molecule is C=CCOS(=O)(=O)O.CCO. The van der Waals surface area contributed by atoms with Crippen LogP contribution in [-0.2, 0) is 14.6 Å². The van der Waals surface area contributed by atoms with Gasteiger partial charge in [0.25, 0.3) is 0 Å². The summed E-state index contributed by atoms with van der Waals surface area (Å²) in [5.41, 5.74) is 0. The van der Waals surface area contributed by atoms with Crippen LogP contribution in [0.15, 0.2) is 12.7 Å². The van der Waals surface area contributed by atoms with Crippen LogP contribution in [0.1, 0.15) is 6.92 Å². The molecule has 0 aromatic rings. The molecular formula is C5H12O5S. The van der Waals surface area contributed by atoms with E-state index in [1.165, 1.54) is 6.08 Å². The molecule has 0 rings (SSSR count). The molecule has 5 nitrogen and oxygen atoms in total. The first-order chi connectivity index (χ1) is 4.97. The molecule has 0 saturated heterocycles. The lowest BCUT2D eigenvalue weighted by molar-refractivity contribution is 0.296. The van der Waals surface area contributed by atoms with Crippen LogP contribution in [-0.4, -0.2) is 31.3 Å². The number of hydrogen-bond donors (Lipinski definition) is 2. The average Bonchev–Trinajstić information content (AvgIpc) is 1.84. The van der Waals surface area contributed by atoms with Gasteiger partial charge in [-0.2, -0.15) is 8.42 Å². The van der Waals surface area contributed by atoms with Crippen molar-refractivity contribution in [2.45, 2.75) is 6.92 Å². The van der Waals surface area contributed by atoms with Crippen molar-refractivity contribution in [2.24, 2.45) is 0 Å². The molecule has 2 N–H and O–H groups in total. The van der Waals surface area contributed by atoms with Gasteiger partial charge in [0.2, 0.25) is 0 Å². The van der Waals surface area contributed by atoms with Crippen molar-refractivity contribution < 1.29 is 22.3 Å². The van der Waals surface area contributed by atoms with Gasteiger partial charge in [-0.05, 0) is 6.92 Å². The lowest BCUT2D eigenvalue weighted by atomic mass is 10.7. The quantitative estimate of drug-likeness (QED) is 0.476. The summed E-state index contributed by atoms with van der Waals surface area (Å²) in [6, 6.07) is 0. The molecule has 0 heterocycles. The van der Waals surface area contributed by atoms with Crippen LogP contribution in [0.25, 0.3) is 0 Å². The Morgan fingerprint density at radius 3 is 2.09 bits per heavy atom. The van der Waals surface area contributed by atoms with E-state index in [0.717, 1.165) is 0 Å². The normalized spacial score (nSPS) is 9.73. The fourth-order valence-corrected chi connectivity index (χ4v) is 0.402. The lowest BCUT2D eigenvalue weighted by Crippen LogP contribution is -2.02. The molecule has 0 aromatic carbocycles. The van der Waals surface area contributed by atoms with E-state index in [4.69, 9.17) is 9.66 Å². The Hall–Kier alpha value is -0.430. The summed E-state index contributed by atoms with van der Waals surface area (Å²) in [5, 5.41) is 7.57. The molecule has 11 heavy (non-hydrogen) atoms. The van der Waals surface area contributed by atoms with Crippen molar-refractivity contribution in [1.29, 1.82) is 0 Å². The van der Waals surface area contributed by atoms with Crippen molar-refractivity contribution >= 4 is 10.4 Å². The molecule has 0 aliphatic rings. The third-order valence-electron chi connectivity index (χ3n) is 0.335. The zero-order valence-electron chi connectivity index (χ0n) is 6.23. The van der Waals surface area contributed by atoms with Gasteiger partial charge in [-0.1, -0.05) is 6.08 Å². The van der Waals surface area contributed by atoms with Crippen molar-refractivity contribution in [1.82, 2.24) is 0 Å². The molecule has 0 radical (unpaired) electrons. The first-order valence-electron chi connectivity index (χ1n) is 2.81. The van der Waals surface area contributed by atoms with E-state index in [1.807, 2.05) is 0 Å². The summed E-state index contributed by atoms with van der Waals surface area (Å²) >= 11 is 0. The summed E-state index contributed by atoms with van der Waals surface area (Å²) in [6.45, 7) is 4.90. The van der Waals surface area contributed by atoms with Gasteiger partial charge in [-0.15, -0.1) is 6.58 Å². The second-order valence-electron chi connectivity index (χ2n) is 1.32. The number of rotatable bonds is 3. The molecule has 0 amide bonds. The first-order valence-corrected chi connectivity index (χ1v) is 4.18. The van der Waals surface area contributed by atoms with Crippen LogP contribution in [0, 0.1) is 0 Å². The number of aliphatic hydroxyl groups is 1. The fraction of sp³-hybridized carbons (Fsp3) is 0.600. The summed E-state index contributed by atoms with van der Waals surface area (Å²) in [5.74, 6) is 0. The van der Waals surface area contributed by atoms with Crippen LogP contribution in [0.4, 0.5) is 0 Å². The van der Waals surface area contributed by atoms with Crippen LogP contribution in [0.2, 0.25) is 0 Å². The van der Waals surface area contributed by atoms with Crippen molar-refractivity contribution in [3.05, 3.63) is 12.7 Å². The molecule has 68 valence electrons. The van der Waals surface area contributed by atoms with Crippen LogP contribution < -0.4 is 0 Å². The average molecular weight is 184 g/mol. The molecular weight excluding hydrogens is 172 g/mol. The fourth-order valence-electron chi connectivity index (χ4n) is 0.134. The molecule has 6 heteroatoms. The topological polar surface area (TPSA) is 83.8 Å². The van der Waals surface area contributed by atoms with Crippen LogP contribution in [0.3, 0.4) is 0 Å². The minimum Gasteiger partial charge on any atom is -0.397 e. The maximum Gasteiger partial charge on any atom is 0.397 e. The highest BCUT2D eigenvalue weighted by atomic mass is 32.3. The van der Waals surface area contributed by atoms with Gasteiger partial charge < -0.3 is 5.11 Å². The third kappa shape index (κ3) is 26.3. The molecule has 0 atom stereocenters. The summed E-state index contributed by atoms with van der Waals surface area (Å²) in [6.07, 6.45) is 1.22. The Labute approximate surface area is 66.3 Å². The van der Waals surface area contributed by atoms with Gasteiger partial charge >= 0.3 is 10.4 Å². The highest BCUT2D eigenvalue weighted by Crippen LogP contribution is 1.83. The minimum absolute atomic E-state index is 0.196. The third-order valence-corrected chi connectivity index (χ3v) is 0.769. The van der Waals surface area contributed by atoms with E-state index in [-0.39, 0.29) is 13.2 Å². The van der Waals surface area contributed by atoms with Crippen LogP contribution in [0.5, 0.6) is 0 Å². The second kappa shape index (κ2) is 7.67. The predicted octanol–water partition coefficient (Wildman–Crippen LogP) is -0.00960. The maximum absolute atomic E-state index is 9.68. The molecule has 0 unspecified atom stereocenters. The van der Waals surface area contributed by atoms with Gasteiger partial charge in [0.15, 0.2) is 0 Å². The largest absolute Gasteiger partial charge is 0.397 e. The lowest BCUT2D eigenvalue weighted by Gasteiger charge is -1.90. The van der Waals surface area contributed by atoms with E-state index < -0.39 is 10.4 Å². The molecule has 0 aromatic heterocycles. The Morgan fingerprint density at radius 1 is 1.64 bits per heavy atom. The highest BCUT2D eigenvalue weighted by molar-refractivity contribution is 7.80. The summed E-state index contributed by atoms with van der Waals surface area (Å²) in [4.78, 5) is 0. The molecule has 0 fully saturated rings. The van der Waals surface area contributed by atoms with Crippen molar-refractivity contribution in [3.63, 3.8) is 0 Å². The van der Waals surface area contributed by atoms with Crippen LogP contribution >= 0.6 is 0 Å². The zero-order valence-corrected chi connectivity index (χ0v) is 7.04. The van der Waals surface area contributed by atoms with E-state index in [9.17, 15) is 8.42 Å². The minimum atomic E-state index is -4.26. The monoisotopic (exact) mass is 184 g/mol. The molecule has 0 bridgehead atoms. The number of hydrogen-bond acceptors (Lipinski definition) is 4. The van der Waals surface area contributed by atoms with Gasteiger partial charge in [0, 0.05) is 6.61 Å². The molecule has 0 spiro atoms. The second-order valence-corrected chi connectivity index (χ2v) is 2.41. The maximum atomic E-state index is 9.68. The molecule has 0 saturated carbocycles. The van der Waals surface area contributed by atoms with Gasteiger partial charge in [-0.3, -0.25) is 4.55 Å². The van der Waals surface area contributed by atoms with Gasteiger partial charge in [0.05, 0.1) is 6.61 Å². The summed E-state index contributed by atoms with van der Waals surface area (Å²) in [7, 11) is -4.26. The molecule has 0 aliphatic heterocycles. The summed E-state index contributed by atoms with van der Waals surface area (Å²) < 4.78 is 31.0. The van der Waals surface area contributed by atoms with Gasteiger partial charge in [0.1, 0.15) is 0 Å². The van der Waals surface area contributed by atoms with E-state index in [1.54, 1.807) is 6.92 Å². The van der Waals surface area contributed by atoms with E-state index in [2.05, 4.69) is 10.8 Å². The van der Waals surface area contributed by atoms with Crippen molar-refractivity contribution in [3.8, 4) is 0 Å². The standard InChI is InChI=1S/C3H6O4S.C2H6O/c1-2-3-7-8(4,5)6;1-2-3/h2H,1,3H2,(H,4,5,6);3H,2H2,1H3. The predicted molar refractivity (Wildman–Crippen MR) is 40.5 cm³/mol. The van der Waals surface area contributed by atoms with E-state index in [0.29, 0.717) is 0 Å². The smallest absolute Gasteiger partial charge is 0.397 e.